The van der Waals surface area contributed by atoms with Crippen molar-refractivity contribution in [1.29, 1.82) is 0 Å². The van der Waals surface area contributed by atoms with Gasteiger partial charge in [0.2, 0.25) is 0 Å². The molecule has 1 saturated heterocycles. The van der Waals surface area contributed by atoms with Gasteiger partial charge in [-0.05, 0) is 30.7 Å². The van der Waals surface area contributed by atoms with Crippen LogP contribution in [0.3, 0.4) is 0 Å². The number of aromatic nitrogens is 2. The molecule has 0 amide bonds. The molecule has 1 aromatic carbocycles. The maximum atomic E-state index is 9.83. The van der Waals surface area contributed by atoms with Crippen LogP contribution in [0, 0.1) is 0 Å². The highest BCUT2D eigenvalue weighted by molar-refractivity contribution is 5.76. The van der Waals surface area contributed by atoms with Crippen molar-refractivity contribution in [2.45, 2.75) is 18.6 Å². The molecule has 84 valence electrons. The average Bonchev–Trinajstić information content (AvgIpc) is 2.86. The SMILES string of the molecule is Cn1cnc2cc(C3NCCC3O)ccc21. The third kappa shape index (κ3) is 1.42. The second kappa shape index (κ2) is 3.57. The zero-order chi connectivity index (χ0) is 11.1. The smallest absolute Gasteiger partial charge is 0.0955 e. The zero-order valence-corrected chi connectivity index (χ0v) is 9.22. The number of nitrogens with zero attached hydrogens (tertiary/aromatic N) is 2. The number of fused-ring (bicyclic) bond motifs is 1. The van der Waals surface area contributed by atoms with E-state index in [2.05, 4.69) is 28.5 Å². The van der Waals surface area contributed by atoms with E-state index in [1.165, 1.54) is 0 Å². The Morgan fingerprint density at radius 2 is 2.38 bits per heavy atom. The Labute approximate surface area is 93.9 Å². The summed E-state index contributed by atoms with van der Waals surface area (Å²) in [6.45, 7) is 0.881. The van der Waals surface area contributed by atoms with Crippen LogP contribution >= 0.6 is 0 Å². The highest BCUT2D eigenvalue weighted by Crippen LogP contribution is 2.26. The van der Waals surface area contributed by atoms with Crippen LogP contribution in [0.25, 0.3) is 11.0 Å². The lowest BCUT2D eigenvalue weighted by atomic mass is 10.0. The maximum Gasteiger partial charge on any atom is 0.0955 e. The van der Waals surface area contributed by atoms with Gasteiger partial charge in [-0.25, -0.2) is 4.98 Å². The van der Waals surface area contributed by atoms with Gasteiger partial charge in [0.1, 0.15) is 0 Å². The van der Waals surface area contributed by atoms with Crippen LogP contribution < -0.4 is 5.32 Å². The molecule has 2 atom stereocenters. The molecule has 0 radical (unpaired) electrons. The molecule has 2 N–H and O–H groups in total. The summed E-state index contributed by atoms with van der Waals surface area (Å²) in [4.78, 5) is 4.33. The van der Waals surface area contributed by atoms with E-state index in [0.717, 1.165) is 29.6 Å². The van der Waals surface area contributed by atoms with Gasteiger partial charge in [-0.2, -0.15) is 0 Å². The normalized spacial score (nSPS) is 25.4. The van der Waals surface area contributed by atoms with Gasteiger partial charge in [-0.15, -0.1) is 0 Å². The molecule has 2 unspecified atom stereocenters. The number of aliphatic hydroxyl groups is 1. The van der Waals surface area contributed by atoms with E-state index in [1.807, 2.05) is 17.9 Å². The number of aryl methyl sites for hydroxylation is 1. The Balaban J connectivity index is 2.04. The first-order valence-corrected chi connectivity index (χ1v) is 5.58. The molecule has 1 aromatic heterocycles. The summed E-state index contributed by atoms with van der Waals surface area (Å²) in [6.07, 6.45) is 2.36. The molecular formula is C12H15N3O. The minimum atomic E-state index is -0.277. The Morgan fingerprint density at radius 3 is 3.12 bits per heavy atom. The first-order valence-electron chi connectivity index (χ1n) is 5.58. The fourth-order valence-electron chi connectivity index (χ4n) is 2.38. The first kappa shape index (κ1) is 9.81. The molecule has 16 heavy (non-hydrogen) atoms. The lowest BCUT2D eigenvalue weighted by molar-refractivity contribution is 0.160. The van der Waals surface area contributed by atoms with Crippen molar-refractivity contribution in [3.05, 3.63) is 30.1 Å². The van der Waals surface area contributed by atoms with Crippen LogP contribution in [0.2, 0.25) is 0 Å². The number of hydrogen-bond donors (Lipinski definition) is 2. The second-order valence-corrected chi connectivity index (χ2v) is 4.39. The zero-order valence-electron chi connectivity index (χ0n) is 9.22. The summed E-state index contributed by atoms with van der Waals surface area (Å²) in [5.41, 5.74) is 3.23. The molecular weight excluding hydrogens is 202 g/mol. The summed E-state index contributed by atoms with van der Waals surface area (Å²) in [5.74, 6) is 0. The summed E-state index contributed by atoms with van der Waals surface area (Å²) >= 11 is 0. The van der Waals surface area contributed by atoms with Gasteiger partial charge in [0.05, 0.1) is 29.5 Å². The molecule has 0 spiro atoms. The molecule has 4 heteroatoms. The quantitative estimate of drug-likeness (QED) is 0.748. The van der Waals surface area contributed by atoms with Gasteiger partial charge < -0.3 is 15.0 Å². The van der Waals surface area contributed by atoms with Crippen LogP contribution in [0.5, 0.6) is 0 Å². The highest BCUT2D eigenvalue weighted by Gasteiger charge is 2.26. The van der Waals surface area contributed by atoms with Crippen molar-refractivity contribution in [2.75, 3.05) is 6.54 Å². The molecule has 0 bridgehead atoms. The summed E-state index contributed by atoms with van der Waals surface area (Å²) in [5, 5.41) is 13.1. The standard InChI is InChI=1S/C12H15N3O/c1-15-7-14-9-6-8(2-3-10(9)15)12-11(16)4-5-13-12/h2-3,6-7,11-13,16H,4-5H2,1H3. The van der Waals surface area contributed by atoms with Crippen molar-refractivity contribution in [3.63, 3.8) is 0 Å². The van der Waals surface area contributed by atoms with Crippen LogP contribution in [0.4, 0.5) is 0 Å². The molecule has 0 aliphatic carbocycles. The number of aliphatic hydroxyl groups excluding tert-OH is 1. The Kier molecular flexibility index (Phi) is 2.19. The molecule has 3 rings (SSSR count). The number of nitrogens with one attached hydrogen (secondary N) is 1. The van der Waals surface area contributed by atoms with Gasteiger partial charge in [0.25, 0.3) is 0 Å². The van der Waals surface area contributed by atoms with E-state index in [0.29, 0.717) is 0 Å². The minimum Gasteiger partial charge on any atom is -0.391 e. The van der Waals surface area contributed by atoms with Gasteiger partial charge in [0.15, 0.2) is 0 Å². The molecule has 0 saturated carbocycles. The summed E-state index contributed by atoms with van der Waals surface area (Å²) in [6, 6.07) is 6.24. The van der Waals surface area contributed by atoms with Gasteiger partial charge in [-0.1, -0.05) is 6.07 Å². The number of imidazole rings is 1. The lowest BCUT2D eigenvalue weighted by Crippen LogP contribution is -2.20. The second-order valence-electron chi connectivity index (χ2n) is 4.39. The van der Waals surface area contributed by atoms with Crippen LogP contribution in [-0.4, -0.2) is 27.3 Å². The molecule has 1 aliphatic rings. The first-order chi connectivity index (χ1) is 7.75. The minimum absolute atomic E-state index is 0.0615. The van der Waals surface area contributed by atoms with E-state index in [4.69, 9.17) is 0 Å². The fraction of sp³-hybridized carbons (Fsp3) is 0.417. The highest BCUT2D eigenvalue weighted by atomic mass is 16.3. The molecule has 4 nitrogen and oxygen atoms in total. The van der Waals surface area contributed by atoms with Crippen molar-refractivity contribution < 1.29 is 5.11 Å². The molecule has 1 aliphatic heterocycles. The fourth-order valence-corrected chi connectivity index (χ4v) is 2.38. The molecule has 2 heterocycles. The molecule has 1 fully saturated rings. The predicted octanol–water partition coefficient (Wildman–Crippen LogP) is 0.969. The lowest BCUT2D eigenvalue weighted by Gasteiger charge is -2.15. The van der Waals surface area contributed by atoms with E-state index >= 15 is 0 Å². The number of rotatable bonds is 1. The van der Waals surface area contributed by atoms with Crippen LogP contribution in [-0.2, 0) is 7.05 Å². The van der Waals surface area contributed by atoms with E-state index in [1.54, 1.807) is 0 Å². The van der Waals surface area contributed by atoms with Gasteiger partial charge in [-0.3, -0.25) is 0 Å². The summed E-state index contributed by atoms with van der Waals surface area (Å²) in [7, 11) is 1.98. The third-order valence-electron chi connectivity index (χ3n) is 3.30. The Morgan fingerprint density at radius 1 is 1.50 bits per heavy atom. The Hall–Kier alpha value is -1.39. The monoisotopic (exact) mass is 217 g/mol. The van der Waals surface area contributed by atoms with Gasteiger partial charge >= 0.3 is 0 Å². The topological polar surface area (TPSA) is 50.1 Å². The van der Waals surface area contributed by atoms with Gasteiger partial charge in [0, 0.05) is 7.05 Å². The average molecular weight is 217 g/mol. The molecule has 2 aromatic rings. The van der Waals surface area contributed by atoms with Crippen molar-refractivity contribution >= 4 is 11.0 Å². The van der Waals surface area contributed by atoms with Crippen molar-refractivity contribution in [3.8, 4) is 0 Å². The number of hydrogen-bond acceptors (Lipinski definition) is 3. The van der Waals surface area contributed by atoms with Crippen LogP contribution in [0.1, 0.15) is 18.0 Å². The van der Waals surface area contributed by atoms with Crippen molar-refractivity contribution in [1.82, 2.24) is 14.9 Å². The largest absolute Gasteiger partial charge is 0.391 e. The predicted molar refractivity (Wildman–Crippen MR) is 62.1 cm³/mol. The summed E-state index contributed by atoms with van der Waals surface area (Å²) < 4.78 is 2.00. The third-order valence-corrected chi connectivity index (χ3v) is 3.30. The van der Waals surface area contributed by atoms with Crippen LogP contribution in [0.15, 0.2) is 24.5 Å². The maximum absolute atomic E-state index is 9.83. The van der Waals surface area contributed by atoms with Crippen molar-refractivity contribution in [2.24, 2.45) is 7.05 Å². The van der Waals surface area contributed by atoms with E-state index < -0.39 is 0 Å². The number of benzene rings is 1. The van der Waals surface area contributed by atoms with E-state index in [9.17, 15) is 5.11 Å². The van der Waals surface area contributed by atoms with E-state index in [-0.39, 0.29) is 12.1 Å². The Bertz CT molecular complexity index is 520.